The van der Waals surface area contributed by atoms with Crippen LogP contribution in [0, 0.1) is 0 Å². The number of hydrogen-bond donors (Lipinski definition) is 1. The summed E-state index contributed by atoms with van der Waals surface area (Å²) in [5.74, 6) is 0. The number of rotatable bonds is 2. The molecule has 0 unspecified atom stereocenters. The Kier molecular flexibility index (Phi) is 2.85. The molecule has 0 aliphatic carbocycles. The SMILES string of the molecule is C[C@H]1C[C@@H](O)CN1Cc1ccccc1. The highest BCUT2D eigenvalue weighted by molar-refractivity contribution is 5.14. The molecular weight excluding hydrogens is 174 g/mol. The Hall–Kier alpha value is -0.860. The molecule has 0 bridgehead atoms. The Labute approximate surface area is 85.2 Å². The summed E-state index contributed by atoms with van der Waals surface area (Å²) in [6.45, 7) is 3.95. The van der Waals surface area contributed by atoms with Gasteiger partial charge in [0.2, 0.25) is 0 Å². The Morgan fingerprint density at radius 2 is 2.07 bits per heavy atom. The van der Waals surface area contributed by atoms with Crippen molar-refractivity contribution >= 4 is 0 Å². The quantitative estimate of drug-likeness (QED) is 0.768. The second-order valence-corrected chi connectivity index (χ2v) is 4.15. The summed E-state index contributed by atoms with van der Waals surface area (Å²) in [6.07, 6.45) is 0.779. The van der Waals surface area contributed by atoms with Crippen LogP contribution in [0.5, 0.6) is 0 Å². The fourth-order valence-electron chi connectivity index (χ4n) is 2.11. The second kappa shape index (κ2) is 4.11. The van der Waals surface area contributed by atoms with Gasteiger partial charge in [-0.25, -0.2) is 0 Å². The minimum atomic E-state index is -0.131. The number of β-amino-alcohol motifs (C(OH)–C–C–N with tert-alkyl or cyclic N) is 1. The lowest BCUT2D eigenvalue weighted by atomic mass is 10.2. The van der Waals surface area contributed by atoms with Crippen LogP contribution in [-0.2, 0) is 6.54 Å². The summed E-state index contributed by atoms with van der Waals surface area (Å²) in [5.41, 5.74) is 1.33. The molecule has 1 aliphatic rings. The highest BCUT2D eigenvalue weighted by atomic mass is 16.3. The van der Waals surface area contributed by atoms with Crippen LogP contribution in [0.3, 0.4) is 0 Å². The molecule has 0 amide bonds. The number of aliphatic hydroxyl groups is 1. The molecule has 2 rings (SSSR count). The van der Waals surface area contributed by atoms with Gasteiger partial charge in [0, 0.05) is 19.1 Å². The van der Waals surface area contributed by atoms with Gasteiger partial charge in [-0.3, -0.25) is 4.90 Å². The Balaban J connectivity index is 1.98. The largest absolute Gasteiger partial charge is 0.392 e. The third-order valence-corrected chi connectivity index (χ3v) is 2.91. The van der Waals surface area contributed by atoms with Gasteiger partial charge in [-0.2, -0.15) is 0 Å². The molecule has 14 heavy (non-hydrogen) atoms. The molecule has 2 atom stereocenters. The van der Waals surface area contributed by atoms with Crippen LogP contribution in [-0.4, -0.2) is 28.7 Å². The van der Waals surface area contributed by atoms with Crippen LogP contribution in [0.25, 0.3) is 0 Å². The van der Waals surface area contributed by atoms with E-state index < -0.39 is 0 Å². The average molecular weight is 191 g/mol. The topological polar surface area (TPSA) is 23.5 Å². The van der Waals surface area contributed by atoms with Crippen LogP contribution in [0.15, 0.2) is 30.3 Å². The zero-order valence-electron chi connectivity index (χ0n) is 8.56. The fraction of sp³-hybridized carbons (Fsp3) is 0.500. The number of aliphatic hydroxyl groups excluding tert-OH is 1. The molecule has 1 heterocycles. The summed E-state index contributed by atoms with van der Waals surface area (Å²) >= 11 is 0. The van der Waals surface area contributed by atoms with Crippen molar-refractivity contribution < 1.29 is 5.11 Å². The van der Waals surface area contributed by atoms with Crippen molar-refractivity contribution in [1.82, 2.24) is 4.90 Å². The molecule has 2 heteroatoms. The van der Waals surface area contributed by atoms with Crippen molar-refractivity contribution in [1.29, 1.82) is 0 Å². The van der Waals surface area contributed by atoms with E-state index in [1.807, 2.05) is 6.07 Å². The molecule has 1 N–H and O–H groups in total. The van der Waals surface area contributed by atoms with Gasteiger partial charge in [0.05, 0.1) is 6.10 Å². The van der Waals surface area contributed by atoms with Gasteiger partial charge in [-0.15, -0.1) is 0 Å². The smallest absolute Gasteiger partial charge is 0.0682 e. The van der Waals surface area contributed by atoms with Crippen molar-refractivity contribution in [2.45, 2.75) is 32.0 Å². The third kappa shape index (κ3) is 2.14. The zero-order valence-corrected chi connectivity index (χ0v) is 8.56. The van der Waals surface area contributed by atoms with Crippen molar-refractivity contribution in [3.05, 3.63) is 35.9 Å². The maximum absolute atomic E-state index is 9.51. The molecule has 0 radical (unpaired) electrons. The van der Waals surface area contributed by atoms with E-state index in [9.17, 15) is 5.11 Å². The van der Waals surface area contributed by atoms with E-state index in [4.69, 9.17) is 0 Å². The molecule has 1 saturated heterocycles. The lowest BCUT2D eigenvalue weighted by Crippen LogP contribution is -2.26. The molecule has 76 valence electrons. The minimum Gasteiger partial charge on any atom is -0.392 e. The maximum atomic E-state index is 9.51. The molecular formula is C12H17NO. The molecule has 2 nitrogen and oxygen atoms in total. The van der Waals surface area contributed by atoms with Crippen LogP contribution >= 0.6 is 0 Å². The van der Waals surface area contributed by atoms with Crippen LogP contribution in [0.2, 0.25) is 0 Å². The molecule has 1 aliphatic heterocycles. The minimum absolute atomic E-state index is 0.131. The Morgan fingerprint density at radius 1 is 1.36 bits per heavy atom. The zero-order chi connectivity index (χ0) is 9.97. The predicted octanol–water partition coefficient (Wildman–Crippen LogP) is 1.64. The van der Waals surface area contributed by atoms with Gasteiger partial charge in [0.15, 0.2) is 0 Å². The van der Waals surface area contributed by atoms with Gasteiger partial charge in [0.25, 0.3) is 0 Å². The van der Waals surface area contributed by atoms with E-state index >= 15 is 0 Å². The molecule has 1 aromatic carbocycles. The van der Waals surface area contributed by atoms with Crippen molar-refractivity contribution in [2.75, 3.05) is 6.54 Å². The lowest BCUT2D eigenvalue weighted by Gasteiger charge is -2.20. The monoisotopic (exact) mass is 191 g/mol. The summed E-state index contributed by atoms with van der Waals surface area (Å²) < 4.78 is 0. The molecule has 1 aromatic rings. The molecule has 0 saturated carbocycles. The Bertz CT molecular complexity index is 286. The summed E-state index contributed by atoms with van der Waals surface area (Å²) in [7, 11) is 0. The van der Waals surface area contributed by atoms with E-state index in [1.54, 1.807) is 0 Å². The van der Waals surface area contributed by atoms with Gasteiger partial charge in [0.1, 0.15) is 0 Å². The first kappa shape index (κ1) is 9.69. The van der Waals surface area contributed by atoms with Crippen LogP contribution in [0.4, 0.5) is 0 Å². The van der Waals surface area contributed by atoms with Crippen LogP contribution in [0.1, 0.15) is 18.9 Å². The molecule has 0 aromatic heterocycles. The number of benzene rings is 1. The van der Waals surface area contributed by atoms with E-state index in [1.165, 1.54) is 5.56 Å². The maximum Gasteiger partial charge on any atom is 0.0682 e. The normalized spacial score (nSPS) is 28.1. The number of likely N-dealkylation sites (tertiary alicyclic amines) is 1. The van der Waals surface area contributed by atoms with E-state index in [-0.39, 0.29) is 6.10 Å². The van der Waals surface area contributed by atoms with Crippen LogP contribution < -0.4 is 0 Å². The number of hydrogen-bond acceptors (Lipinski definition) is 2. The van der Waals surface area contributed by atoms with E-state index in [2.05, 4.69) is 36.1 Å². The molecule has 1 fully saturated rings. The molecule has 0 spiro atoms. The van der Waals surface area contributed by atoms with E-state index in [0.29, 0.717) is 6.04 Å². The van der Waals surface area contributed by atoms with E-state index in [0.717, 1.165) is 19.5 Å². The Morgan fingerprint density at radius 3 is 2.64 bits per heavy atom. The first-order chi connectivity index (χ1) is 6.75. The summed E-state index contributed by atoms with van der Waals surface area (Å²) in [6, 6.07) is 10.9. The first-order valence-electron chi connectivity index (χ1n) is 5.22. The van der Waals surface area contributed by atoms with Gasteiger partial charge >= 0.3 is 0 Å². The third-order valence-electron chi connectivity index (χ3n) is 2.91. The second-order valence-electron chi connectivity index (χ2n) is 4.15. The van der Waals surface area contributed by atoms with Gasteiger partial charge in [-0.1, -0.05) is 30.3 Å². The standard InChI is InChI=1S/C12H17NO/c1-10-7-12(14)9-13(10)8-11-5-3-2-4-6-11/h2-6,10,12,14H,7-9H2,1H3/t10-,12+/m0/s1. The lowest BCUT2D eigenvalue weighted by molar-refractivity contribution is 0.173. The van der Waals surface area contributed by atoms with Crippen molar-refractivity contribution in [3.63, 3.8) is 0 Å². The summed E-state index contributed by atoms with van der Waals surface area (Å²) in [4.78, 5) is 2.33. The fourth-order valence-corrected chi connectivity index (χ4v) is 2.11. The van der Waals surface area contributed by atoms with Crippen molar-refractivity contribution in [2.24, 2.45) is 0 Å². The number of nitrogens with zero attached hydrogens (tertiary/aromatic N) is 1. The predicted molar refractivity (Wildman–Crippen MR) is 56.9 cm³/mol. The average Bonchev–Trinajstić information content (AvgIpc) is 2.47. The summed E-state index contributed by atoms with van der Waals surface area (Å²) in [5, 5.41) is 9.51. The highest BCUT2D eigenvalue weighted by Crippen LogP contribution is 2.19. The first-order valence-corrected chi connectivity index (χ1v) is 5.22. The highest BCUT2D eigenvalue weighted by Gasteiger charge is 2.26. The van der Waals surface area contributed by atoms with Gasteiger partial charge in [-0.05, 0) is 18.9 Å². The van der Waals surface area contributed by atoms with Gasteiger partial charge < -0.3 is 5.11 Å². The van der Waals surface area contributed by atoms with Crippen molar-refractivity contribution in [3.8, 4) is 0 Å².